The Labute approximate surface area is 183 Å². The van der Waals surface area contributed by atoms with Crippen LogP contribution in [0.5, 0.6) is 0 Å². The molecule has 6 rings (SSSR count). The highest BCUT2D eigenvalue weighted by molar-refractivity contribution is 7.99. The summed E-state index contributed by atoms with van der Waals surface area (Å²) in [6, 6.07) is 22.2. The van der Waals surface area contributed by atoms with E-state index in [2.05, 4.69) is 37.9 Å². The van der Waals surface area contributed by atoms with E-state index in [1.54, 1.807) is 12.4 Å². The fourth-order valence-electron chi connectivity index (χ4n) is 3.61. The van der Waals surface area contributed by atoms with E-state index >= 15 is 0 Å². The molecule has 0 atom stereocenters. The molecule has 6 nitrogen and oxygen atoms in total. The van der Waals surface area contributed by atoms with E-state index in [0.29, 0.717) is 11.7 Å². The zero-order valence-corrected chi connectivity index (χ0v) is 17.4. The van der Waals surface area contributed by atoms with Crippen LogP contribution in [0.25, 0.3) is 28.0 Å². The molecule has 1 saturated carbocycles. The molecular weight excluding hydrogens is 404 g/mol. The first kappa shape index (κ1) is 18.2. The number of fused-ring (bicyclic) bond motifs is 1. The lowest BCUT2D eigenvalue weighted by atomic mass is 10.2. The van der Waals surface area contributed by atoms with Gasteiger partial charge in [0.25, 0.3) is 0 Å². The highest BCUT2D eigenvalue weighted by atomic mass is 32.2. The van der Waals surface area contributed by atoms with Gasteiger partial charge in [0, 0.05) is 34.9 Å². The van der Waals surface area contributed by atoms with Crippen molar-refractivity contribution in [3.63, 3.8) is 0 Å². The Hall–Kier alpha value is -3.58. The molecule has 5 aromatic rings. The van der Waals surface area contributed by atoms with Crippen molar-refractivity contribution in [1.82, 2.24) is 29.7 Å². The third-order valence-electron chi connectivity index (χ3n) is 5.31. The quantitative estimate of drug-likeness (QED) is 0.358. The average molecular weight is 423 g/mol. The van der Waals surface area contributed by atoms with E-state index in [1.165, 1.54) is 11.8 Å². The lowest BCUT2D eigenvalue weighted by Gasteiger charge is -2.11. The van der Waals surface area contributed by atoms with Crippen molar-refractivity contribution in [1.29, 1.82) is 0 Å². The fourth-order valence-corrected chi connectivity index (χ4v) is 4.57. The summed E-state index contributed by atoms with van der Waals surface area (Å²) in [5.74, 6) is 2.19. The van der Waals surface area contributed by atoms with Crippen LogP contribution in [0.4, 0.5) is 0 Å². The molecule has 7 heteroatoms. The molecule has 31 heavy (non-hydrogen) atoms. The number of benzene rings is 2. The van der Waals surface area contributed by atoms with Crippen LogP contribution in [0.15, 0.2) is 89.3 Å². The smallest absolute Gasteiger partial charge is 0.202 e. The van der Waals surface area contributed by atoms with Gasteiger partial charge in [-0.05, 0) is 54.9 Å². The summed E-state index contributed by atoms with van der Waals surface area (Å²) in [6.07, 6.45) is 5.85. The summed E-state index contributed by atoms with van der Waals surface area (Å²) in [5, 5.41) is 11.8. The fraction of sp³-hybridized carbons (Fsp3) is 0.125. The molecular formula is C24H18N6S. The maximum absolute atomic E-state index is 4.91. The van der Waals surface area contributed by atoms with Gasteiger partial charge >= 0.3 is 0 Å². The van der Waals surface area contributed by atoms with Crippen molar-refractivity contribution in [2.45, 2.75) is 28.9 Å². The van der Waals surface area contributed by atoms with Crippen LogP contribution in [0.2, 0.25) is 0 Å². The molecule has 1 fully saturated rings. The molecule has 0 spiro atoms. The molecule has 3 aromatic heterocycles. The number of pyridine rings is 1. The van der Waals surface area contributed by atoms with E-state index in [0.717, 1.165) is 51.0 Å². The molecule has 3 heterocycles. The van der Waals surface area contributed by atoms with Gasteiger partial charge in [-0.1, -0.05) is 36.4 Å². The highest BCUT2D eigenvalue weighted by Gasteiger charge is 2.31. The first-order valence-electron chi connectivity index (χ1n) is 10.2. The second-order valence-corrected chi connectivity index (χ2v) is 8.45. The minimum atomic E-state index is 0.483. The maximum Gasteiger partial charge on any atom is 0.202 e. The average Bonchev–Trinajstić information content (AvgIpc) is 3.60. The van der Waals surface area contributed by atoms with E-state index in [1.807, 2.05) is 48.5 Å². The number of rotatable bonds is 5. The van der Waals surface area contributed by atoms with Crippen molar-refractivity contribution in [3.8, 4) is 17.1 Å². The van der Waals surface area contributed by atoms with Gasteiger partial charge in [-0.2, -0.15) is 0 Å². The highest BCUT2D eigenvalue weighted by Crippen LogP contribution is 2.42. The van der Waals surface area contributed by atoms with Crippen molar-refractivity contribution in [2.24, 2.45) is 0 Å². The van der Waals surface area contributed by atoms with Crippen molar-refractivity contribution in [2.75, 3.05) is 0 Å². The second kappa shape index (κ2) is 7.59. The number of aromatic nitrogens is 6. The molecule has 1 aliphatic rings. The molecule has 0 saturated heterocycles. The minimum Gasteiger partial charge on any atom is -0.273 e. The predicted octanol–water partition coefficient (Wildman–Crippen LogP) is 5.30. The largest absolute Gasteiger partial charge is 0.273 e. The van der Waals surface area contributed by atoms with Crippen LogP contribution in [0.1, 0.15) is 24.6 Å². The molecule has 150 valence electrons. The van der Waals surface area contributed by atoms with Crippen molar-refractivity contribution < 1.29 is 0 Å². The molecule has 1 aliphatic carbocycles. The third kappa shape index (κ3) is 3.47. The van der Waals surface area contributed by atoms with Gasteiger partial charge < -0.3 is 0 Å². The zero-order chi connectivity index (χ0) is 20.6. The predicted molar refractivity (Wildman–Crippen MR) is 120 cm³/mol. The summed E-state index contributed by atoms with van der Waals surface area (Å²) in [5.41, 5.74) is 2.91. The minimum absolute atomic E-state index is 0.483. The number of hydrogen-bond acceptors (Lipinski definition) is 6. The standard InChI is InChI=1S/C24H18N6S/c1-2-6-18(7-3-1)30-22(17-10-11-17)28-29-24(30)31-23-19-8-4-5-9-20(19)26-21(27-23)16-12-14-25-15-13-16/h1-9,12-15,17H,10-11H2. The lowest BCUT2D eigenvalue weighted by molar-refractivity contribution is 0.828. The van der Waals surface area contributed by atoms with Crippen LogP contribution in [-0.2, 0) is 0 Å². The first-order chi connectivity index (χ1) is 15.4. The van der Waals surface area contributed by atoms with E-state index in [-0.39, 0.29) is 0 Å². The number of hydrogen-bond donors (Lipinski definition) is 0. The van der Waals surface area contributed by atoms with Crippen LogP contribution in [0.3, 0.4) is 0 Å². The Kier molecular flexibility index (Phi) is 4.46. The number of nitrogens with zero attached hydrogens (tertiary/aromatic N) is 6. The van der Waals surface area contributed by atoms with E-state index < -0.39 is 0 Å². The summed E-state index contributed by atoms with van der Waals surface area (Å²) < 4.78 is 2.17. The maximum atomic E-state index is 4.91. The van der Waals surface area contributed by atoms with Gasteiger partial charge in [0.2, 0.25) is 5.16 Å². The van der Waals surface area contributed by atoms with E-state index in [9.17, 15) is 0 Å². The van der Waals surface area contributed by atoms with E-state index in [4.69, 9.17) is 9.97 Å². The van der Waals surface area contributed by atoms with Gasteiger partial charge in [0.1, 0.15) is 10.9 Å². The Balaban J connectivity index is 1.50. The normalized spacial score (nSPS) is 13.5. The molecule has 0 unspecified atom stereocenters. The Morgan fingerprint density at radius 3 is 2.39 bits per heavy atom. The lowest BCUT2D eigenvalue weighted by Crippen LogP contribution is -2.02. The SMILES string of the molecule is c1ccc(-n2c(Sc3nc(-c4ccncc4)nc4ccccc34)nnc2C2CC2)cc1. The van der Waals surface area contributed by atoms with Gasteiger partial charge in [-0.3, -0.25) is 9.55 Å². The number of para-hydroxylation sites is 2. The van der Waals surface area contributed by atoms with Crippen LogP contribution < -0.4 is 0 Å². The van der Waals surface area contributed by atoms with Crippen LogP contribution in [-0.4, -0.2) is 29.7 Å². The zero-order valence-electron chi connectivity index (χ0n) is 16.6. The Bertz CT molecular complexity index is 1360. The molecule has 0 amide bonds. The topological polar surface area (TPSA) is 69.4 Å². The van der Waals surface area contributed by atoms with Gasteiger partial charge in [-0.15, -0.1) is 10.2 Å². The summed E-state index contributed by atoms with van der Waals surface area (Å²) in [6.45, 7) is 0. The van der Waals surface area contributed by atoms with Crippen LogP contribution in [0, 0.1) is 0 Å². The van der Waals surface area contributed by atoms with Crippen molar-refractivity contribution in [3.05, 3.63) is 84.9 Å². The first-order valence-corrected chi connectivity index (χ1v) is 11.0. The molecule has 0 bridgehead atoms. The van der Waals surface area contributed by atoms with Gasteiger partial charge in [0.15, 0.2) is 5.82 Å². The van der Waals surface area contributed by atoms with Gasteiger partial charge in [-0.25, -0.2) is 9.97 Å². The molecule has 0 radical (unpaired) electrons. The second-order valence-electron chi connectivity index (χ2n) is 7.49. The summed E-state index contributed by atoms with van der Waals surface area (Å²) in [4.78, 5) is 13.8. The Morgan fingerprint density at radius 1 is 0.806 bits per heavy atom. The third-order valence-corrected chi connectivity index (χ3v) is 6.26. The summed E-state index contributed by atoms with van der Waals surface area (Å²) >= 11 is 1.54. The van der Waals surface area contributed by atoms with Crippen molar-refractivity contribution >= 4 is 22.7 Å². The monoisotopic (exact) mass is 422 g/mol. The molecule has 2 aromatic carbocycles. The summed E-state index contributed by atoms with van der Waals surface area (Å²) in [7, 11) is 0. The molecule has 0 N–H and O–H groups in total. The van der Waals surface area contributed by atoms with Gasteiger partial charge in [0.05, 0.1) is 5.52 Å². The Morgan fingerprint density at radius 2 is 1.58 bits per heavy atom. The molecule has 0 aliphatic heterocycles. The van der Waals surface area contributed by atoms with Crippen LogP contribution >= 0.6 is 11.8 Å².